The number of nitrogens with zero attached hydrogens (tertiary/aromatic N) is 1. The Bertz CT molecular complexity index is 720. The van der Waals surface area contributed by atoms with Crippen LogP contribution >= 0.6 is 11.6 Å². The summed E-state index contributed by atoms with van der Waals surface area (Å²) in [5.74, 6) is -0.167. The summed E-state index contributed by atoms with van der Waals surface area (Å²) >= 11 is 6.05. The predicted octanol–water partition coefficient (Wildman–Crippen LogP) is 3.21. The number of hydroxylamine groups is 2. The molecule has 0 saturated heterocycles. The van der Waals surface area contributed by atoms with Crippen LogP contribution in [0.5, 0.6) is 5.75 Å². The lowest BCUT2D eigenvalue weighted by Gasteiger charge is -2.31. The van der Waals surface area contributed by atoms with Crippen LogP contribution in [0.4, 0.5) is 0 Å². The molecular weight excluding hydrogens is 330 g/mol. The van der Waals surface area contributed by atoms with Gasteiger partial charge in [0, 0.05) is 17.6 Å². The van der Waals surface area contributed by atoms with E-state index in [4.69, 9.17) is 16.3 Å². The van der Waals surface area contributed by atoms with Crippen molar-refractivity contribution in [1.82, 2.24) is 5.06 Å². The molecule has 24 heavy (non-hydrogen) atoms. The molecule has 128 valence electrons. The maximum Gasteiger partial charge on any atom is 0.249 e. The first kappa shape index (κ1) is 18.3. The van der Waals surface area contributed by atoms with E-state index in [1.54, 1.807) is 48.5 Å². The Kier molecular flexibility index (Phi) is 5.83. The molecule has 2 aromatic rings. The monoisotopic (exact) mass is 349 g/mol. The Labute approximate surface area is 146 Å². The lowest BCUT2D eigenvalue weighted by atomic mass is 9.82. The average Bonchev–Trinajstić information content (AvgIpc) is 2.55. The highest BCUT2D eigenvalue weighted by Gasteiger charge is 2.37. The van der Waals surface area contributed by atoms with E-state index in [0.717, 1.165) is 0 Å². The molecule has 0 aliphatic heterocycles. The third kappa shape index (κ3) is 3.87. The summed E-state index contributed by atoms with van der Waals surface area (Å²) in [5, 5.41) is 21.7. The number of halogens is 1. The number of benzene rings is 2. The van der Waals surface area contributed by atoms with Gasteiger partial charge >= 0.3 is 0 Å². The number of hydrogen-bond donors (Lipinski definition) is 2. The highest BCUT2D eigenvalue weighted by molar-refractivity contribution is 6.30. The molecule has 0 bridgehead atoms. The van der Waals surface area contributed by atoms with Gasteiger partial charge < -0.3 is 9.84 Å². The van der Waals surface area contributed by atoms with Crippen LogP contribution in [-0.4, -0.2) is 34.9 Å². The molecule has 0 heterocycles. The molecule has 1 amide bonds. The fourth-order valence-electron chi connectivity index (χ4n) is 2.52. The number of ether oxygens (including phenoxy) is 1. The van der Waals surface area contributed by atoms with Crippen LogP contribution in [0.1, 0.15) is 24.5 Å². The molecule has 0 fully saturated rings. The third-order valence-electron chi connectivity index (χ3n) is 3.70. The van der Waals surface area contributed by atoms with E-state index in [9.17, 15) is 15.1 Å². The summed E-state index contributed by atoms with van der Waals surface area (Å²) in [5.41, 5.74) is -0.813. The highest BCUT2D eigenvalue weighted by atomic mass is 35.5. The Balaban J connectivity index is 2.61. The van der Waals surface area contributed by atoms with E-state index in [1.165, 1.54) is 7.05 Å². The van der Waals surface area contributed by atoms with Crippen molar-refractivity contribution in [3.05, 3.63) is 64.7 Å². The number of aliphatic hydroxyl groups is 1. The van der Waals surface area contributed by atoms with E-state index in [2.05, 4.69) is 0 Å². The summed E-state index contributed by atoms with van der Waals surface area (Å²) in [6, 6.07) is 13.6. The Morgan fingerprint density at radius 2 is 1.96 bits per heavy atom. The first-order valence-electron chi connectivity index (χ1n) is 7.54. The molecule has 1 unspecified atom stereocenters. The molecule has 1 atom stereocenters. The number of para-hydroxylation sites is 1. The van der Waals surface area contributed by atoms with Crippen LogP contribution < -0.4 is 4.74 Å². The van der Waals surface area contributed by atoms with Gasteiger partial charge in [-0.15, -0.1) is 0 Å². The normalized spacial score (nSPS) is 13.2. The summed E-state index contributed by atoms with van der Waals surface area (Å²) in [4.78, 5) is 12.1. The van der Waals surface area contributed by atoms with Gasteiger partial charge in [-0.1, -0.05) is 41.9 Å². The zero-order chi connectivity index (χ0) is 17.7. The minimum Gasteiger partial charge on any atom is -0.493 e. The summed E-state index contributed by atoms with van der Waals surface area (Å²) in [6.45, 7) is 2.25. The fourth-order valence-corrected chi connectivity index (χ4v) is 2.71. The second kappa shape index (κ2) is 7.66. The van der Waals surface area contributed by atoms with Gasteiger partial charge in [-0.25, -0.2) is 5.06 Å². The van der Waals surface area contributed by atoms with Crippen LogP contribution in [0.3, 0.4) is 0 Å². The first-order chi connectivity index (χ1) is 11.4. The summed E-state index contributed by atoms with van der Waals surface area (Å²) in [7, 11) is 1.22. The maximum absolute atomic E-state index is 12.1. The molecule has 2 aromatic carbocycles. The van der Waals surface area contributed by atoms with Gasteiger partial charge in [0.05, 0.1) is 13.0 Å². The minimum absolute atomic E-state index is 0.357. The van der Waals surface area contributed by atoms with Gasteiger partial charge in [0.25, 0.3) is 0 Å². The van der Waals surface area contributed by atoms with Crippen LogP contribution in [0.15, 0.2) is 48.5 Å². The minimum atomic E-state index is -1.69. The standard InChI is InChI=1S/C18H20ClNO4/c1-3-24-16-10-5-4-9-15(16)18(22,12-17(21)20(2)23)13-7-6-8-14(19)11-13/h4-11,22-23H,3,12H2,1-2H3. The third-order valence-corrected chi connectivity index (χ3v) is 3.94. The van der Waals surface area contributed by atoms with Crippen molar-refractivity contribution in [2.24, 2.45) is 0 Å². The Morgan fingerprint density at radius 3 is 2.58 bits per heavy atom. The second-order valence-electron chi connectivity index (χ2n) is 5.39. The lowest BCUT2D eigenvalue weighted by Crippen LogP contribution is -2.36. The van der Waals surface area contributed by atoms with E-state index >= 15 is 0 Å². The van der Waals surface area contributed by atoms with Gasteiger partial charge in [0.2, 0.25) is 5.91 Å². The molecule has 0 saturated carbocycles. The quantitative estimate of drug-likeness (QED) is 0.620. The number of carbonyl (C=O) groups is 1. The Hall–Kier alpha value is -2.08. The van der Waals surface area contributed by atoms with E-state index in [0.29, 0.717) is 33.6 Å². The number of carbonyl (C=O) groups excluding carboxylic acids is 1. The largest absolute Gasteiger partial charge is 0.493 e. The Morgan fingerprint density at radius 1 is 1.25 bits per heavy atom. The molecule has 5 nitrogen and oxygen atoms in total. The summed E-state index contributed by atoms with van der Waals surface area (Å²) < 4.78 is 5.60. The van der Waals surface area contributed by atoms with Crippen LogP contribution in [0.2, 0.25) is 5.02 Å². The molecule has 2 N–H and O–H groups in total. The van der Waals surface area contributed by atoms with Gasteiger partial charge in [-0.2, -0.15) is 0 Å². The lowest BCUT2D eigenvalue weighted by molar-refractivity contribution is -0.163. The summed E-state index contributed by atoms with van der Waals surface area (Å²) in [6.07, 6.45) is -0.357. The topological polar surface area (TPSA) is 70.0 Å². The maximum atomic E-state index is 12.1. The average molecular weight is 350 g/mol. The van der Waals surface area contributed by atoms with Gasteiger partial charge in [-0.3, -0.25) is 10.0 Å². The molecule has 0 radical (unpaired) electrons. The van der Waals surface area contributed by atoms with Crippen LogP contribution in [0, 0.1) is 0 Å². The zero-order valence-electron chi connectivity index (χ0n) is 13.6. The van der Waals surface area contributed by atoms with Crippen molar-refractivity contribution >= 4 is 17.5 Å². The molecule has 0 aliphatic carbocycles. The molecule has 0 spiro atoms. The second-order valence-corrected chi connectivity index (χ2v) is 5.83. The smallest absolute Gasteiger partial charge is 0.249 e. The number of amides is 1. The fraction of sp³-hybridized carbons (Fsp3) is 0.278. The van der Waals surface area contributed by atoms with Crippen molar-refractivity contribution in [2.75, 3.05) is 13.7 Å². The van der Waals surface area contributed by atoms with Crippen molar-refractivity contribution in [3.63, 3.8) is 0 Å². The van der Waals surface area contributed by atoms with E-state index in [1.807, 2.05) is 6.92 Å². The van der Waals surface area contributed by atoms with E-state index < -0.39 is 11.5 Å². The number of rotatable bonds is 6. The van der Waals surface area contributed by atoms with Gasteiger partial charge in [-0.05, 0) is 30.7 Å². The van der Waals surface area contributed by atoms with Crippen molar-refractivity contribution in [2.45, 2.75) is 18.9 Å². The van der Waals surface area contributed by atoms with E-state index in [-0.39, 0.29) is 6.42 Å². The molecule has 0 aliphatic rings. The van der Waals surface area contributed by atoms with Crippen molar-refractivity contribution in [1.29, 1.82) is 0 Å². The zero-order valence-corrected chi connectivity index (χ0v) is 14.3. The van der Waals surface area contributed by atoms with Crippen LogP contribution in [-0.2, 0) is 10.4 Å². The molecule has 2 rings (SSSR count). The molecule has 0 aromatic heterocycles. The molecule has 6 heteroatoms. The number of hydrogen-bond acceptors (Lipinski definition) is 4. The van der Waals surface area contributed by atoms with Gasteiger partial charge in [0.1, 0.15) is 11.4 Å². The highest BCUT2D eigenvalue weighted by Crippen LogP contribution is 2.39. The van der Waals surface area contributed by atoms with Crippen LogP contribution in [0.25, 0.3) is 0 Å². The van der Waals surface area contributed by atoms with Crippen molar-refractivity contribution in [3.8, 4) is 5.75 Å². The SMILES string of the molecule is CCOc1ccccc1C(O)(CC(=O)N(C)O)c1cccc(Cl)c1. The first-order valence-corrected chi connectivity index (χ1v) is 7.92. The van der Waals surface area contributed by atoms with Crippen molar-refractivity contribution < 1.29 is 19.8 Å². The molecular formula is C18H20ClNO4. The predicted molar refractivity (Wildman–Crippen MR) is 91.2 cm³/mol. The van der Waals surface area contributed by atoms with Gasteiger partial charge in [0.15, 0.2) is 0 Å².